The van der Waals surface area contributed by atoms with Gasteiger partial charge in [0.15, 0.2) is 5.13 Å². The Hall–Kier alpha value is -2.08. The van der Waals surface area contributed by atoms with Crippen LogP contribution < -0.4 is 15.8 Å². The van der Waals surface area contributed by atoms with E-state index in [2.05, 4.69) is 10.3 Å². The zero-order chi connectivity index (χ0) is 13.7. The van der Waals surface area contributed by atoms with Gasteiger partial charge in [-0.3, -0.25) is 10.1 Å². The summed E-state index contributed by atoms with van der Waals surface area (Å²) in [6, 6.07) is 5.00. The van der Waals surface area contributed by atoms with Crippen molar-refractivity contribution in [3.05, 3.63) is 35.3 Å². The minimum atomic E-state index is -0.233. The number of hydrogen-bond acceptors (Lipinski definition) is 5. The third-order valence-corrected chi connectivity index (χ3v) is 3.07. The van der Waals surface area contributed by atoms with E-state index in [1.54, 1.807) is 29.8 Å². The van der Waals surface area contributed by atoms with E-state index in [4.69, 9.17) is 10.5 Å². The number of nitrogens with two attached hydrogens (primary N) is 1. The van der Waals surface area contributed by atoms with Gasteiger partial charge in [-0.2, -0.15) is 0 Å². The normalized spacial score (nSPS) is 10.2. The van der Waals surface area contributed by atoms with E-state index in [1.807, 2.05) is 6.92 Å². The molecule has 0 spiro atoms. The monoisotopic (exact) mass is 277 g/mol. The van der Waals surface area contributed by atoms with Crippen LogP contribution in [0.15, 0.2) is 29.8 Å². The number of carbonyl (C=O) groups is 1. The topological polar surface area (TPSA) is 77.2 Å². The third kappa shape index (κ3) is 3.45. The number of carbonyl (C=O) groups excluding carboxylic acids is 1. The maximum atomic E-state index is 11.9. The molecule has 0 saturated heterocycles. The molecular formula is C13H15N3O2S. The maximum Gasteiger partial charge on any atom is 0.257 e. The number of nitrogens with zero attached hydrogens (tertiary/aromatic N) is 1. The highest BCUT2D eigenvalue weighted by atomic mass is 32.1. The summed E-state index contributed by atoms with van der Waals surface area (Å²) in [7, 11) is 0. The number of hydrogen-bond donors (Lipinski definition) is 2. The molecule has 0 atom stereocenters. The fraction of sp³-hybridized carbons (Fsp3) is 0.231. The van der Waals surface area contributed by atoms with E-state index in [9.17, 15) is 4.79 Å². The van der Waals surface area contributed by atoms with Gasteiger partial charge in [-0.1, -0.05) is 6.92 Å². The molecule has 2 rings (SSSR count). The number of aromatic nitrogens is 1. The van der Waals surface area contributed by atoms with E-state index in [0.717, 1.165) is 6.42 Å². The molecule has 0 saturated carbocycles. The van der Waals surface area contributed by atoms with Gasteiger partial charge in [-0.25, -0.2) is 4.98 Å². The Bertz CT molecular complexity index is 555. The van der Waals surface area contributed by atoms with Gasteiger partial charge in [-0.05, 0) is 24.6 Å². The molecule has 5 nitrogen and oxygen atoms in total. The quantitative estimate of drug-likeness (QED) is 0.824. The molecular weight excluding hydrogens is 262 g/mol. The highest BCUT2D eigenvalue weighted by molar-refractivity contribution is 7.13. The molecule has 2 aromatic rings. The number of amides is 1. The van der Waals surface area contributed by atoms with Crippen molar-refractivity contribution in [1.82, 2.24) is 4.98 Å². The van der Waals surface area contributed by atoms with Crippen LogP contribution in [0.1, 0.15) is 23.7 Å². The van der Waals surface area contributed by atoms with Crippen molar-refractivity contribution in [2.45, 2.75) is 13.3 Å². The second-order valence-corrected chi connectivity index (χ2v) is 4.79. The number of rotatable bonds is 5. The second-order valence-electron chi connectivity index (χ2n) is 3.89. The zero-order valence-electron chi connectivity index (χ0n) is 10.6. The van der Waals surface area contributed by atoms with Crippen LogP contribution in [-0.2, 0) is 0 Å². The van der Waals surface area contributed by atoms with Crippen molar-refractivity contribution in [2.75, 3.05) is 17.7 Å². The number of ether oxygens (including phenoxy) is 1. The first-order chi connectivity index (χ1) is 9.20. The van der Waals surface area contributed by atoms with Gasteiger partial charge >= 0.3 is 0 Å². The van der Waals surface area contributed by atoms with Crippen LogP contribution in [0.25, 0.3) is 0 Å². The smallest absolute Gasteiger partial charge is 0.257 e. The van der Waals surface area contributed by atoms with Crippen LogP contribution in [0.5, 0.6) is 5.75 Å². The lowest BCUT2D eigenvalue weighted by atomic mass is 10.2. The lowest BCUT2D eigenvalue weighted by Crippen LogP contribution is -2.12. The van der Waals surface area contributed by atoms with Crippen molar-refractivity contribution < 1.29 is 9.53 Å². The van der Waals surface area contributed by atoms with Gasteiger partial charge in [-0.15, -0.1) is 11.3 Å². The summed E-state index contributed by atoms with van der Waals surface area (Å²) in [5.74, 6) is 0.372. The molecule has 1 heterocycles. The molecule has 0 fully saturated rings. The number of benzene rings is 1. The predicted molar refractivity (Wildman–Crippen MR) is 76.7 cm³/mol. The van der Waals surface area contributed by atoms with Crippen molar-refractivity contribution in [1.29, 1.82) is 0 Å². The van der Waals surface area contributed by atoms with Crippen molar-refractivity contribution >= 4 is 28.1 Å². The number of nitrogens with one attached hydrogen (secondary N) is 1. The lowest BCUT2D eigenvalue weighted by molar-refractivity contribution is 0.102. The molecule has 0 unspecified atom stereocenters. The molecule has 0 aliphatic carbocycles. The number of anilines is 2. The fourth-order valence-corrected chi connectivity index (χ4v) is 2.01. The summed E-state index contributed by atoms with van der Waals surface area (Å²) in [5.41, 5.74) is 6.80. The standard InChI is InChI=1S/C13H15N3O2S/c1-2-6-18-11-4-3-9(8-10(11)14)12(17)16-13-15-5-7-19-13/h3-5,7-8H,2,6,14H2,1H3,(H,15,16,17). The molecule has 0 aliphatic heterocycles. The minimum Gasteiger partial charge on any atom is -0.491 e. The van der Waals surface area contributed by atoms with Crippen molar-refractivity contribution in [3.8, 4) is 5.75 Å². The highest BCUT2D eigenvalue weighted by Gasteiger charge is 2.10. The Morgan fingerprint density at radius 1 is 1.53 bits per heavy atom. The summed E-state index contributed by atoms with van der Waals surface area (Å²) in [6.07, 6.45) is 2.54. The minimum absolute atomic E-state index is 0.233. The number of thiazole rings is 1. The van der Waals surface area contributed by atoms with Crippen LogP contribution in [0.3, 0.4) is 0 Å². The summed E-state index contributed by atoms with van der Waals surface area (Å²) >= 11 is 1.37. The van der Waals surface area contributed by atoms with Gasteiger partial charge in [0.05, 0.1) is 12.3 Å². The van der Waals surface area contributed by atoms with Crippen molar-refractivity contribution in [3.63, 3.8) is 0 Å². The molecule has 0 radical (unpaired) electrons. The van der Waals surface area contributed by atoms with Crippen LogP contribution >= 0.6 is 11.3 Å². The van der Waals surface area contributed by atoms with E-state index in [-0.39, 0.29) is 5.91 Å². The van der Waals surface area contributed by atoms with E-state index in [0.29, 0.717) is 28.7 Å². The van der Waals surface area contributed by atoms with E-state index >= 15 is 0 Å². The van der Waals surface area contributed by atoms with Crippen LogP contribution in [0.4, 0.5) is 10.8 Å². The first-order valence-corrected chi connectivity index (χ1v) is 6.82. The van der Waals surface area contributed by atoms with Gasteiger partial charge in [0.2, 0.25) is 0 Å². The molecule has 1 aromatic heterocycles. The average molecular weight is 277 g/mol. The summed E-state index contributed by atoms with van der Waals surface area (Å²) in [5, 5.41) is 5.06. The van der Waals surface area contributed by atoms with Crippen molar-refractivity contribution in [2.24, 2.45) is 0 Å². The van der Waals surface area contributed by atoms with Crippen LogP contribution in [-0.4, -0.2) is 17.5 Å². The average Bonchev–Trinajstić information content (AvgIpc) is 2.90. The molecule has 1 aromatic carbocycles. The SMILES string of the molecule is CCCOc1ccc(C(=O)Nc2nccs2)cc1N. The molecule has 0 aliphatic rings. The summed E-state index contributed by atoms with van der Waals surface area (Å²) in [6.45, 7) is 2.63. The molecule has 6 heteroatoms. The van der Waals surface area contributed by atoms with E-state index in [1.165, 1.54) is 11.3 Å². The predicted octanol–water partition coefficient (Wildman–Crippen LogP) is 2.77. The first-order valence-electron chi connectivity index (χ1n) is 5.94. The number of nitrogen functional groups attached to an aromatic ring is 1. The zero-order valence-corrected chi connectivity index (χ0v) is 11.4. The lowest BCUT2D eigenvalue weighted by Gasteiger charge is -2.09. The molecule has 100 valence electrons. The van der Waals surface area contributed by atoms with Crippen LogP contribution in [0.2, 0.25) is 0 Å². The van der Waals surface area contributed by atoms with Gasteiger partial charge < -0.3 is 10.5 Å². The summed E-state index contributed by atoms with van der Waals surface area (Å²) in [4.78, 5) is 15.9. The molecule has 3 N–H and O–H groups in total. The first kappa shape index (κ1) is 13.4. The Morgan fingerprint density at radius 2 is 2.37 bits per heavy atom. The fourth-order valence-electron chi connectivity index (χ4n) is 1.49. The summed E-state index contributed by atoms with van der Waals surface area (Å²) < 4.78 is 5.46. The Labute approximate surface area is 115 Å². The highest BCUT2D eigenvalue weighted by Crippen LogP contribution is 2.23. The van der Waals surface area contributed by atoms with Gasteiger partial charge in [0, 0.05) is 17.1 Å². The van der Waals surface area contributed by atoms with Gasteiger partial charge in [0.1, 0.15) is 5.75 Å². The Balaban J connectivity index is 2.08. The molecule has 1 amide bonds. The maximum absolute atomic E-state index is 11.9. The van der Waals surface area contributed by atoms with E-state index < -0.39 is 0 Å². The van der Waals surface area contributed by atoms with Crippen LogP contribution in [0, 0.1) is 0 Å². The van der Waals surface area contributed by atoms with Gasteiger partial charge in [0.25, 0.3) is 5.91 Å². The Morgan fingerprint density at radius 3 is 3.00 bits per heavy atom. The second kappa shape index (κ2) is 6.19. The molecule has 19 heavy (non-hydrogen) atoms. The largest absolute Gasteiger partial charge is 0.491 e. The third-order valence-electron chi connectivity index (χ3n) is 2.39. The molecule has 0 bridgehead atoms. The Kier molecular flexibility index (Phi) is 4.35.